The smallest absolute Gasteiger partial charge is 0.160 e. The van der Waals surface area contributed by atoms with Crippen molar-refractivity contribution in [3.05, 3.63) is 59.2 Å². The summed E-state index contributed by atoms with van der Waals surface area (Å²) in [5, 5.41) is 0. The number of aryl methyl sites for hydroxylation is 3. The maximum atomic E-state index is 5.33. The summed E-state index contributed by atoms with van der Waals surface area (Å²) >= 11 is 0. The Morgan fingerprint density at radius 2 is 1.70 bits per heavy atom. The molecule has 0 atom stereocenters. The second-order valence-corrected chi connectivity index (χ2v) is 4.77. The highest BCUT2D eigenvalue weighted by Gasteiger charge is 2.05. The SMILES string of the molecule is CCc1cc[c]c(CCc2ccc(OC)c(OC)c2)c1. The Morgan fingerprint density at radius 1 is 0.900 bits per heavy atom. The van der Waals surface area contributed by atoms with Crippen LogP contribution in [-0.4, -0.2) is 14.2 Å². The molecule has 0 fully saturated rings. The Kier molecular flexibility index (Phi) is 5.05. The van der Waals surface area contributed by atoms with E-state index in [0.717, 1.165) is 30.8 Å². The molecule has 2 aromatic carbocycles. The van der Waals surface area contributed by atoms with Crippen molar-refractivity contribution in [2.24, 2.45) is 0 Å². The number of hydrogen-bond donors (Lipinski definition) is 0. The molecule has 0 heterocycles. The van der Waals surface area contributed by atoms with Gasteiger partial charge in [0.25, 0.3) is 0 Å². The molecule has 2 nitrogen and oxygen atoms in total. The molecule has 0 saturated carbocycles. The predicted molar refractivity (Wildman–Crippen MR) is 81.6 cm³/mol. The van der Waals surface area contributed by atoms with Gasteiger partial charge in [-0.1, -0.05) is 31.2 Å². The van der Waals surface area contributed by atoms with Crippen LogP contribution in [0, 0.1) is 6.07 Å². The van der Waals surface area contributed by atoms with E-state index < -0.39 is 0 Å². The Morgan fingerprint density at radius 3 is 2.40 bits per heavy atom. The fraction of sp³-hybridized carbons (Fsp3) is 0.333. The van der Waals surface area contributed by atoms with E-state index in [0.29, 0.717) is 0 Å². The van der Waals surface area contributed by atoms with E-state index in [4.69, 9.17) is 9.47 Å². The first-order valence-corrected chi connectivity index (χ1v) is 6.97. The predicted octanol–water partition coefficient (Wildman–Crippen LogP) is 3.85. The minimum atomic E-state index is 0.774. The largest absolute Gasteiger partial charge is 0.493 e. The number of benzene rings is 2. The lowest BCUT2D eigenvalue weighted by Gasteiger charge is -2.09. The van der Waals surface area contributed by atoms with Crippen LogP contribution in [0.4, 0.5) is 0 Å². The van der Waals surface area contributed by atoms with Crippen molar-refractivity contribution in [1.82, 2.24) is 0 Å². The third kappa shape index (κ3) is 3.53. The number of rotatable bonds is 6. The summed E-state index contributed by atoms with van der Waals surface area (Å²) in [7, 11) is 3.32. The van der Waals surface area contributed by atoms with Crippen LogP contribution in [0.3, 0.4) is 0 Å². The van der Waals surface area contributed by atoms with Crippen LogP contribution < -0.4 is 9.47 Å². The Hall–Kier alpha value is -1.96. The van der Waals surface area contributed by atoms with Gasteiger partial charge in [-0.25, -0.2) is 0 Å². The van der Waals surface area contributed by atoms with Gasteiger partial charge in [0.15, 0.2) is 11.5 Å². The summed E-state index contributed by atoms with van der Waals surface area (Å²) in [4.78, 5) is 0. The Bertz CT molecular complexity index is 561. The molecule has 2 heteroatoms. The monoisotopic (exact) mass is 269 g/mol. The molecule has 20 heavy (non-hydrogen) atoms. The van der Waals surface area contributed by atoms with Crippen molar-refractivity contribution < 1.29 is 9.47 Å². The van der Waals surface area contributed by atoms with E-state index in [2.05, 4.69) is 31.2 Å². The number of hydrogen-bond acceptors (Lipinski definition) is 2. The molecular formula is C18H21O2. The highest BCUT2D eigenvalue weighted by Crippen LogP contribution is 2.28. The van der Waals surface area contributed by atoms with Crippen LogP contribution in [0.25, 0.3) is 0 Å². The zero-order chi connectivity index (χ0) is 14.4. The van der Waals surface area contributed by atoms with E-state index in [9.17, 15) is 0 Å². The quantitative estimate of drug-likeness (QED) is 0.793. The molecule has 2 aromatic rings. The zero-order valence-corrected chi connectivity index (χ0v) is 12.4. The summed E-state index contributed by atoms with van der Waals surface area (Å²) in [6, 6.07) is 15.8. The van der Waals surface area contributed by atoms with Gasteiger partial charge in [-0.3, -0.25) is 0 Å². The first kappa shape index (κ1) is 14.4. The fourth-order valence-electron chi connectivity index (χ4n) is 2.25. The molecule has 0 aliphatic carbocycles. The van der Waals surface area contributed by atoms with Crippen molar-refractivity contribution in [2.45, 2.75) is 26.2 Å². The standard InChI is InChI=1S/C18H21O2/c1-4-14-6-5-7-15(12-14)8-9-16-10-11-17(19-2)18(13-16)20-3/h5-6,10-13H,4,8-9H2,1-3H3. The van der Waals surface area contributed by atoms with Crippen molar-refractivity contribution >= 4 is 0 Å². The molecule has 0 N–H and O–H groups in total. The average Bonchev–Trinajstić information content (AvgIpc) is 2.52. The van der Waals surface area contributed by atoms with Crippen molar-refractivity contribution in [3.63, 3.8) is 0 Å². The third-order valence-corrected chi connectivity index (χ3v) is 3.46. The first-order chi connectivity index (χ1) is 9.76. The fourth-order valence-corrected chi connectivity index (χ4v) is 2.25. The molecule has 0 spiro atoms. The van der Waals surface area contributed by atoms with Crippen LogP contribution in [-0.2, 0) is 19.3 Å². The summed E-state index contributed by atoms with van der Waals surface area (Å²) in [5.41, 5.74) is 3.88. The van der Waals surface area contributed by atoms with Crippen molar-refractivity contribution in [3.8, 4) is 11.5 Å². The van der Waals surface area contributed by atoms with Gasteiger partial charge in [0.2, 0.25) is 0 Å². The lowest BCUT2D eigenvalue weighted by atomic mass is 10.0. The van der Waals surface area contributed by atoms with Gasteiger partial charge >= 0.3 is 0 Å². The van der Waals surface area contributed by atoms with Gasteiger partial charge in [0.05, 0.1) is 14.2 Å². The van der Waals surface area contributed by atoms with E-state index >= 15 is 0 Å². The molecule has 0 aliphatic rings. The zero-order valence-electron chi connectivity index (χ0n) is 12.4. The van der Waals surface area contributed by atoms with Crippen molar-refractivity contribution in [2.75, 3.05) is 14.2 Å². The maximum Gasteiger partial charge on any atom is 0.160 e. The molecular weight excluding hydrogens is 248 g/mol. The Labute approximate surface area is 121 Å². The van der Waals surface area contributed by atoms with Gasteiger partial charge in [-0.05, 0) is 54.2 Å². The molecule has 0 unspecified atom stereocenters. The highest BCUT2D eigenvalue weighted by molar-refractivity contribution is 5.43. The summed E-state index contributed by atoms with van der Waals surface area (Å²) in [6.45, 7) is 2.17. The second kappa shape index (κ2) is 6.99. The van der Waals surface area contributed by atoms with E-state index in [1.165, 1.54) is 16.7 Å². The topological polar surface area (TPSA) is 18.5 Å². The number of ether oxygens (including phenoxy) is 2. The summed E-state index contributed by atoms with van der Waals surface area (Å²) < 4.78 is 10.6. The number of methoxy groups -OCH3 is 2. The summed E-state index contributed by atoms with van der Waals surface area (Å²) in [5.74, 6) is 1.56. The maximum absolute atomic E-state index is 5.33. The van der Waals surface area contributed by atoms with Crippen LogP contribution in [0.2, 0.25) is 0 Å². The molecule has 0 saturated heterocycles. The molecule has 0 amide bonds. The third-order valence-electron chi connectivity index (χ3n) is 3.46. The first-order valence-electron chi connectivity index (χ1n) is 6.97. The molecule has 0 bridgehead atoms. The molecule has 1 radical (unpaired) electrons. The second-order valence-electron chi connectivity index (χ2n) is 4.77. The molecule has 2 rings (SSSR count). The van der Waals surface area contributed by atoms with E-state index in [-0.39, 0.29) is 0 Å². The highest BCUT2D eigenvalue weighted by atomic mass is 16.5. The van der Waals surface area contributed by atoms with Gasteiger partial charge in [0, 0.05) is 0 Å². The van der Waals surface area contributed by atoms with Gasteiger partial charge in [-0.15, -0.1) is 0 Å². The van der Waals surface area contributed by atoms with Crippen LogP contribution >= 0.6 is 0 Å². The average molecular weight is 269 g/mol. The lowest BCUT2D eigenvalue weighted by molar-refractivity contribution is 0.354. The Balaban J connectivity index is 2.06. The van der Waals surface area contributed by atoms with Gasteiger partial charge in [0.1, 0.15) is 0 Å². The van der Waals surface area contributed by atoms with Crippen LogP contribution in [0.15, 0.2) is 36.4 Å². The van der Waals surface area contributed by atoms with E-state index in [1.807, 2.05) is 18.2 Å². The van der Waals surface area contributed by atoms with Crippen LogP contribution in [0.5, 0.6) is 11.5 Å². The summed E-state index contributed by atoms with van der Waals surface area (Å²) in [6.07, 6.45) is 3.03. The van der Waals surface area contributed by atoms with Crippen LogP contribution in [0.1, 0.15) is 23.6 Å². The minimum Gasteiger partial charge on any atom is -0.493 e. The normalized spacial score (nSPS) is 10.3. The molecule has 0 aromatic heterocycles. The minimum absolute atomic E-state index is 0.774. The van der Waals surface area contributed by atoms with Gasteiger partial charge < -0.3 is 9.47 Å². The van der Waals surface area contributed by atoms with Gasteiger partial charge in [-0.2, -0.15) is 0 Å². The van der Waals surface area contributed by atoms with E-state index in [1.54, 1.807) is 14.2 Å². The molecule has 0 aliphatic heterocycles. The van der Waals surface area contributed by atoms with Crippen molar-refractivity contribution in [1.29, 1.82) is 0 Å². The molecule has 105 valence electrons. The lowest BCUT2D eigenvalue weighted by Crippen LogP contribution is -1.95.